The molecular formula is C19H15ClN2O. The van der Waals surface area contributed by atoms with Crippen LogP contribution in [-0.2, 0) is 6.54 Å². The highest BCUT2D eigenvalue weighted by Crippen LogP contribution is 2.45. The first-order valence-electron chi connectivity index (χ1n) is 7.62. The van der Waals surface area contributed by atoms with E-state index in [2.05, 4.69) is 23.4 Å². The first-order valence-corrected chi connectivity index (χ1v) is 8.00. The van der Waals surface area contributed by atoms with E-state index in [-0.39, 0.29) is 5.78 Å². The molecule has 0 bridgehead atoms. The van der Waals surface area contributed by atoms with Crippen LogP contribution in [0.3, 0.4) is 0 Å². The Balaban J connectivity index is 2.09. The van der Waals surface area contributed by atoms with E-state index >= 15 is 0 Å². The highest BCUT2D eigenvalue weighted by Gasteiger charge is 2.35. The fourth-order valence-electron chi connectivity index (χ4n) is 3.48. The Labute approximate surface area is 139 Å². The SMILES string of the molecule is CCn1c(C)c(-c2ccc(Cl)cc2)c2c1C(=O)c1cccnc1-2. The van der Waals surface area contributed by atoms with Crippen LogP contribution >= 0.6 is 11.6 Å². The number of fused-ring (bicyclic) bond motifs is 3. The molecule has 0 fully saturated rings. The summed E-state index contributed by atoms with van der Waals surface area (Å²) in [6.07, 6.45) is 1.74. The van der Waals surface area contributed by atoms with Gasteiger partial charge in [-0.3, -0.25) is 9.78 Å². The van der Waals surface area contributed by atoms with Gasteiger partial charge in [-0.25, -0.2) is 0 Å². The van der Waals surface area contributed by atoms with Crippen LogP contribution in [0.4, 0.5) is 0 Å². The largest absolute Gasteiger partial charge is 0.341 e. The van der Waals surface area contributed by atoms with Crippen molar-refractivity contribution in [2.45, 2.75) is 20.4 Å². The number of benzene rings is 1. The Kier molecular flexibility index (Phi) is 3.13. The average molecular weight is 323 g/mol. The van der Waals surface area contributed by atoms with Crippen molar-refractivity contribution in [2.24, 2.45) is 0 Å². The summed E-state index contributed by atoms with van der Waals surface area (Å²) in [7, 11) is 0. The lowest BCUT2D eigenvalue weighted by Crippen LogP contribution is -2.08. The number of hydrogen-bond acceptors (Lipinski definition) is 2. The predicted octanol–water partition coefficient (Wildman–Crippen LogP) is 4.74. The van der Waals surface area contributed by atoms with Crippen molar-refractivity contribution >= 4 is 17.4 Å². The van der Waals surface area contributed by atoms with Gasteiger partial charge in [0, 0.05) is 34.6 Å². The first-order chi connectivity index (χ1) is 11.1. The van der Waals surface area contributed by atoms with Gasteiger partial charge in [-0.1, -0.05) is 23.7 Å². The van der Waals surface area contributed by atoms with Gasteiger partial charge in [0.2, 0.25) is 5.78 Å². The van der Waals surface area contributed by atoms with Crippen molar-refractivity contribution in [3.8, 4) is 22.4 Å². The number of rotatable bonds is 2. The Morgan fingerprint density at radius 1 is 1.13 bits per heavy atom. The molecule has 0 unspecified atom stereocenters. The molecule has 0 spiro atoms. The van der Waals surface area contributed by atoms with Crippen LogP contribution in [0.5, 0.6) is 0 Å². The Hall–Kier alpha value is -2.39. The monoisotopic (exact) mass is 322 g/mol. The zero-order valence-corrected chi connectivity index (χ0v) is 13.7. The van der Waals surface area contributed by atoms with E-state index in [4.69, 9.17) is 11.6 Å². The van der Waals surface area contributed by atoms with E-state index in [0.717, 1.165) is 40.3 Å². The van der Waals surface area contributed by atoms with E-state index < -0.39 is 0 Å². The van der Waals surface area contributed by atoms with E-state index in [9.17, 15) is 4.79 Å². The van der Waals surface area contributed by atoms with E-state index in [1.165, 1.54) is 0 Å². The van der Waals surface area contributed by atoms with E-state index in [1.54, 1.807) is 6.20 Å². The third kappa shape index (κ3) is 1.90. The molecule has 2 aromatic heterocycles. The third-order valence-electron chi connectivity index (χ3n) is 4.48. The predicted molar refractivity (Wildman–Crippen MR) is 92.0 cm³/mol. The molecule has 1 aliphatic carbocycles. The summed E-state index contributed by atoms with van der Waals surface area (Å²) in [6, 6.07) is 11.4. The summed E-state index contributed by atoms with van der Waals surface area (Å²) in [4.78, 5) is 17.3. The summed E-state index contributed by atoms with van der Waals surface area (Å²) in [5, 5.41) is 0.701. The number of carbonyl (C=O) groups excluding carboxylic acids is 1. The Morgan fingerprint density at radius 2 is 1.87 bits per heavy atom. The van der Waals surface area contributed by atoms with Crippen LogP contribution in [0.1, 0.15) is 28.7 Å². The van der Waals surface area contributed by atoms with E-state index in [1.807, 2.05) is 36.4 Å². The second-order valence-corrected chi connectivity index (χ2v) is 6.10. The molecule has 3 aromatic rings. The second kappa shape index (κ2) is 5.07. The summed E-state index contributed by atoms with van der Waals surface area (Å²) in [5.41, 5.74) is 6.40. The normalized spacial score (nSPS) is 12.4. The smallest absolute Gasteiger partial charge is 0.212 e. The molecule has 0 aliphatic heterocycles. The zero-order valence-electron chi connectivity index (χ0n) is 12.9. The lowest BCUT2D eigenvalue weighted by molar-refractivity contribution is 0.103. The summed E-state index contributed by atoms with van der Waals surface area (Å²) >= 11 is 6.02. The number of pyridine rings is 1. The molecular weight excluding hydrogens is 308 g/mol. The number of halogens is 1. The average Bonchev–Trinajstić information content (AvgIpc) is 3.01. The number of ketones is 1. The van der Waals surface area contributed by atoms with Crippen molar-refractivity contribution < 1.29 is 4.79 Å². The summed E-state index contributed by atoms with van der Waals surface area (Å²) < 4.78 is 2.09. The van der Waals surface area contributed by atoms with Crippen molar-refractivity contribution in [3.63, 3.8) is 0 Å². The minimum atomic E-state index is 0.0632. The quantitative estimate of drug-likeness (QED) is 0.534. The van der Waals surface area contributed by atoms with Gasteiger partial charge in [0.05, 0.1) is 17.0 Å². The maximum Gasteiger partial charge on any atom is 0.212 e. The molecule has 0 atom stereocenters. The highest BCUT2D eigenvalue weighted by molar-refractivity contribution is 6.30. The van der Waals surface area contributed by atoms with Gasteiger partial charge in [-0.15, -0.1) is 0 Å². The lowest BCUT2D eigenvalue weighted by Gasteiger charge is -2.09. The Morgan fingerprint density at radius 3 is 2.57 bits per heavy atom. The summed E-state index contributed by atoms with van der Waals surface area (Å²) in [6.45, 7) is 4.87. The van der Waals surface area contributed by atoms with Crippen LogP contribution < -0.4 is 0 Å². The van der Waals surface area contributed by atoms with Gasteiger partial charge < -0.3 is 4.57 Å². The van der Waals surface area contributed by atoms with Gasteiger partial charge in [0.1, 0.15) is 0 Å². The molecule has 3 nitrogen and oxygen atoms in total. The van der Waals surface area contributed by atoms with Crippen LogP contribution in [0.25, 0.3) is 22.4 Å². The molecule has 0 amide bonds. The molecule has 1 aromatic carbocycles. The molecule has 0 saturated heterocycles. The van der Waals surface area contributed by atoms with Crippen LogP contribution in [0.15, 0.2) is 42.6 Å². The van der Waals surface area contributed by atoms with Crippen molar-refractivity contribution in [1.82, 2.24) is 9.55 Å². The second-order valence-electron chi connectivity index (χ2n) is 5.66. The number of nitrogens with zero attached hydrogens (tertiary/aromatic N) is 2. The minimum absolute atomic E-state index is 0.0632. The zero-order chi connectivity index (χ0) is 16.1. The van der Waals surface area contributed by atoms with Crippen molar-refractivity contribution in [1.29, 1.82) is 0 Å². The fraction of sp³-hybridized carbons (Fsp3) is 0.158. The maximum absolute atomic E-state index is 12.8. The van der Waals surface area contributed by atoms with Crippen LogP contribution in [-0.4, -0.2) is 15.3 Å². The van der Waals surface area contributed by atoms with Gasteiger partial charge >= 0.3 is 0 Å². The Bertz CT molecular complexity index is 939. The standard InChI is InChI=1S/C19H15ClN2O/c1-3-22-11(2)15(12-6-8-13(20)9-7-12)16-17-14(5-4-10-21-17)19(23)18(16)22/h4-10H,3H2,1-2H3. The van der Waals surface area contributed by atoms with Gasteiger partial charge in [-0.2, -0.15) is 0 Å². The van der Waals surface area contributed by atoms with Crippen molar-refractivity contribution in [3.05, 3.63) is 64.6 Å². The molecule has 0 saturated carbocycles. The number of hydrogen-bond donors (Lipinski definition) is 0. The number of carbonyl (C=O) groups is 1. The first kappa shape index (κ1) is 14.2. The molecule has 0 radical (unpaired) electrons. The topological polar surface area (TPSA) is 34.9 Å². The van der Waals surface area contributed by atoms with Crippen LogP contribution in [0.2, 0.25) is 5.02 Å². The van der Waals surface area contributed by atoms with Gasteiger partial charge in [0.25, 0.3) is 0 Å². The molecule has 2 heterocycles. The van der Waals surface area contributed by atoms with Gasteiger partial charge in [-0.05, 0) is 43.7 Å². The minimum Gasteiger partial charge on any atom is -0.341 e. The molecule has 4 heteroatoms. The lowest BCUT2D eigenvalue weighted by atomic mass is 10.00. The molecule has 4 rings (SSSR count). The maximum atomic E-state index is 12.8. The molecule has 1 aliphatic rings. The summed E-state index contributed by atoms with van der Waals surface area (Å²) in [5.74, 6) is 0.0632. The molecule has 0 N–H and O–H groups in total. The van der Waals surface area contributed by atoms with Crippen LogP contribution in [0, 0.1) is 6.92 Å². The third-order valence-corrected chi connectivity index (χ3v) is 4.73. The highest BCUT2D eigenvalue weighted by atomic mass is 35.5. The van der Waals surface area contributed by atoms with E-state index in [0.29, 0.717) is 10.6 Å². The molecule has 114 valence electrons. The van der Waals surface area contributed by atoms with Crippen molar-refractivity contribution in [2.75, 3.05) is 0 Å². The van der Waals surface area contributed by atoms with Gasteiger partial charge in [0.15, 0.2) is 0 Å². The molecule has 23 heavy (non-hydrogen) atoms. The number of aromatic nitrogens is 2. The fourth-order valence-corrected chi connectivity index (χ4v) is 3.61.